The van der Waals surface area contributed by atoms with Crippen LogP contribution in [0.1, 0.15) is 90.3 Å². The first-order valence-corrected chi connectivity index (χ1v) is 39.8. The smallest absolute Gasteiger partial charge is 0.339 e. The van der Waals surface area contributed by atoms with Crippen molar-refractivity contribution in [1.29, 1.82) is 0 Å². The molecule has 0 radical (unpaired) electrons. The highest BCUT2D eigenvalue weighted by atomic mass is 79.9. The van der Waals surface area contributed by atoms with Crippen LogP contribution < -0.4 is 11.3 Å². The first-order chi connectivity index (χ1) is 46.0. The standard InChI is InChI=1S/C15H12ClNOS.C15H10ClNOS.C15H12N2OS.C13H7BrClNS.C13H8BrNOS.5CH4.Cl3OP/c3*1-9(18)12-8-17-15(16)11-7-13(19-14(11)12)10-5-3-2-4-6-10;14-10-7-16-13(15)9-6-11(17-12(9)10)8-4-2-1-3-5-8;14-10-7-15-13(16)9-6-11(17-12(9)10)8-4-2-1-3-5-8;;;;;;1-5(2,3)4/h2-9,18H,1H3;2-8H,1H3;2-8H,1H3,(H2,16,17);1-7H;1-7H,(H,15,16);5*1H4;. The van der Waals surface area contributed by atoms with Crippen LogP contribution in [0.3, 0.4) is 0 Å². The van der Waals surface area contributed by atoms with Crippen LogP contribution in [-0.2, 0) is 4.57 Å². The lowest BCUT2D eigenvalue weighted by Gasteiger charge is -2.05. The van der Waals surface area contributed by atoms with E-state index in [1.54, 1.807) is 108 Å². The van der Waals surface area contributed by atoms with Crippen molar-refractivity contribution in [3.63, 3.8) is 0 Å². The van der Waals surface area contributed by atoms with Crippen molar-refractivity contribution >= 4 is 230 Å². The number of anilines is 1. The molecule has 0 aliphatic heterocycles. The summed E-state index contributed by atoms with van der Waals surface area (Å²) in [4.78, 5) is 59.8. The van der Waals surface area contributed by atoms with Crippen LogP contribution in [0.25, 0.3) is 103 Å². The van der Waals surface area contributed by atoms with Gasteiger partial charge in [0, 0.05) is 87.2 Å². The van der Waals surface area contributed by atoms with Crippen molar-refractivity contribution < 1.29 is 19.3 Å². The molecular weight excluding hydrogens is 1640 g/mol. The fourth-order valence-corrected chi connectivity index (χ4v) is 17.3. The van der Waals surface area contributed by atoms with Gasteiger partial charge in [-0.25, -0.2) is 19.9 Å². The zero-order chi connectivity index (χ0) is 68.4. The minimum atomic E-state index is -3.22. The van der Waals surface area contributed by atoms with Crippen molar-refractivity contribution in [3.05, 3.63) is 264 Å². The van der Waals surface area contributed by atoms with Crippen molar-refractivity contribution in [2.45, 2.75) is 64.0 Å². The van der Waals surface area contributed by atoms with Crippen LogP contribution in [-0.4, -0.2) is 41.6 Å². The van der Waals surface area contributed by atoms with E-state index in [9.17, 15) is 24.1 Å². The third-order valence-electron chi connectivity index (χ3n) is 14.1. The topological polar surface area (TPSA) is 182 Å². The van der Waals surface area contributed by atoms with Crippen LogP contribution in [0.4, 0.5) is 5.82 Å². The fraction of sp³-hybridized carbons (Fsp3) is 0.118. The lowest BCUT2D eigenvalue weighted by molar-refractivity contribution is 0.101. The maximum Gasteiger partial charge on any atom is 0.339 e. The van der Waals surface area contributed by atoms with E-state index in [0.717, 1.165) is 107 Å². The number of H-pyrrole nitrogens is 1. The Morgan fingerprint density at radius 3 is 1.10 bits per heavy atom. The highest BCUT2D eigenvalue weighted by molar-refractivity contribution is 9.11. The number of benzene rings is 5. The van der Waals surface area contributed by atoms with Crippen LogP contribution in [0.2, 0.25) is 15.5 Å². The lowest BCUT2D eigenvalue weighted by atomic mass is 10.1. The van der Waals surface area contributed by atoms with Crippen LogP contribution in [0, 0.1) is 0 Å². The molecule has 0 saturated heterocycles. The molecule has 101 heavy (non-hydrogen) atoms. The Labute approximate surface area is 654 Å². The Morgan fingerprint density at radius 1 is 0.455 bits per heavy atom. The molecule has 25 heteroatoms. The van der Waals surface area contributed by atoms with E-state index < -0.39 is 11.3 Å². The summed E-state index contributed by atoms with van der Waals surface area (Å²) in [5, 5.41) is 12.4. The number of carbonyl (C=O) groups is 2. The number of nitrogens with two attached hydrogens (primary N) is 1. The Balaban J connectivity index is 0.000000221. The summed E-state index contributed by atoms with van der Waals surface area (Å²) in [6, 6.07) is 60.7. The molecule has 0 aliphatic carbocycles. The van der Waals surface area contributed by atoms with Crippen molar-refractivity contribution in [2.75, 3.05) is 5.73 Å². The molecule has 11 nitrogen and oxygen atoms in total. The molecule has 10 heterocycles. The normalized spacial score (nSPS) is 10.7. The van der Waals surface area contributed by atoms with E-state index in [4.69, 9.17) is 40.5 Å². The van der Waals surface area contributed by atoms with Gasteiger partial charge in [0.15, 0.2) is 11.6 Å². The van der Waals surface area contributed by atoms with E-state index in [2.05, 4.69) is 121 Å². The molecule has 524 valence electrons. The molecule has 15 rings (SSSR count). The molecule has 0 saturated carbocycles. The van der Waals surface area contributed by atoms with E-state index in [1.807, 2.05) is 152 Å². The Hall–Kier alpha value is -6.52. The molecule has 0 spiro atoms. The Bertz CT molecular complexity index is 5190. The summed E-state index contributed by atoms with van der Waals surface area (Å²) in [6.07, 6.45) is 7.66. The van der Waals surface area contributed by atoms with Gasteiger partial charge in [-0.3, -0.25) is 18.9 Å². The van der Waals surface area contributed by atoms with Gasteiger partial charge in [0.2, 0.25) is 0 Å². The Morgan fingerprint density at radius 2 is 0.743 bits per heavy atom. The second-order valence-corrected chi connectivity index (χ2v) is 35.4. The zero-order valence-corrected chi connectivity index (χ0v) is 62.9. The second-order valence-electron chi connectivity index (χ2n) is 20.7. The van der Waals surface area contributed by atoms with Gasteiger partial charge >= 0.3 is 5.20 Å². The SMILES string of the molecule is C.C.C.C.C.CC(=O)c1cnc(Cl)c2cc(-c3ccccc3)sc12.CC(=O)c1cnc(N)c2cc(-c3ccccc3)sc12.CC(O)c1cnc(Cl)c2cc(-c3ccccc3)sc12.Clc1ncc(Br)c2sc(-c3ccccc3)cc12.O=P(Cl)(Cl)Cl.O=c1[nH]cc(Br)c2sc(-c3ccccc3)cc12. The number of halogens is 8. The van der Waals surface area contributed by atoms with Crippen LogP contribution >= 0.6 is 162 Å². The van der Waals surface area contributed by atoms with Gasteiger partial charge in [-0.1, -0.05) is 224 Å². The molecule has 4 N–H and O–H groups in total. The lowest BCUT2D eigenvalue weighted by Crippen LogP contribution is -2.02. The largest absolute Gasteiger partial charge is 0.389 e. The average Bonchev–Trinajstić information content (AvgIpc) is 1.68. The number of aliphatic hydroxyl groups excluding tert-OH is 1. The summed E-state index contributed by atoms with van der Waals surface area (Å²) in [6.45, 7) is 4.84. The number of fused-ring (bicyclic) bond motifs is 5. The number of aromatic nitrogens is 5. The summed E-state index contributed by atoms with van der Waals surface area (Å²) in [5.74, 6) is 0.494. The number of nitrogens with zero attached hydrogens (tertiary/aromatic N) is 4. The number of Topliss-reactive ketones (excluding diaryl/α,β-unsaturated/α-hetero) is 2. The molecule has 0 bridgehead atoms. The minimum Gasteiger partial charge on any atom is -0.389 e. The van der Waals surface area contributed by atoms with Gasteiger partial charge in [0.25, 0.3) is 5.56 Å². The monoisotopic (exact) mass is 1700 g/mol. The first kappa shape index (κ1) is 85.1. The number of thiophene rings is 5. The van der Waals surface area contributed by atoms with Gasteiger partial charge < -0.3 is 15.8 Å². The fourth-order valence-electron chi connectivity index (χ4n) is 9.55. The number of carbonyl (C=O) groups excluding carboxylic acids is 2. The first-order valence-electron chi connectivity index (χ1n) is 28.6. The van der Waals surface area contributed by atoms with E-state index in [0.29, 0.717) is 32.4 Å². The molecule has 15 aromatic rings. The van der Waals surface area contributed by atoms with Gasteiger partial charge in [0.05, 0.1) is 50.4 Å². The quantitative estimate of drug-likeness (QED) is 0.0752. The third-order valence-corrected chi connectivity index (χ3v) is 22.9. The van der Waals surface area contributed by atoms with Gasteiger partial charge in [-0.15, -0.1) is 56.7 Å². The number of rotatable bonds is 8. The van der Waals surface area contributed by atoms with Gasteiger partial charge in [-0.2, -0.15) is 0 Å². The predicted octanol–water partition coefficient (Wildman–Crippen LogP) is 28.6. The molecule has 10 aromatic heterocycles. The Kier molecular flexibility index (Phi) is 32.7. The zero-order valence-electron chi connectivity index (χ0n) is 50.2. The van der Waals surface area contributed by atoms with Crippen LogP contribution in [0.15, 0.2) is 227 Å². The van der Waals surface area contributed by atoms with Crippen molar-refractivity contribution in [1.82, 2.24) is 24.9 Å². The van der Waals surface area contributed by atoms with Crippen LogP contribution in [0.5, 0.6) is 0 Å². The molecule has 5 aromatic carbocycles. The van der Waals surface area contributed by atoms with Gasteiger partial charge in [-0.05, 0) is 145 Å². The van der Waals surface area contributed by atoms with E-state index >= 15 is 0 Å². The predicted molar refractivity (Wildman–Crippen MR) is 452 cm³/mol. The van der Waals surface area contributed by atoms with E-state index in [1.165, 1.54) is 10.4 Å². The number of hydrogen-bond acceptors (Lipinski definition) is 15. The number of aliphatic hydroxyl groups is 1. The molecule has 1 atom stereocenters. The summed E-state index contributed by atoms with van der Waals surface area (Å²) in [7, 11) is 0. The number of ketones is 2. The maximum atomic E-state index is 11.7. The number of nitrogen functional groups attached to an aromatic ring is 1. The number of hydrogen-bond donors (Lipinski definition) is 3. The van der Waals surface area contributed by atoms with E-state index in [-0.39, 0.29) is 54.3 Å². The molecular formula is C76H69Br2Cl6N6O5PS5. The summed E-state index contributed by atoms with van der Waals surface area (Å²) < 4.78 is 16.4. The molecule has 1 unspecified atom stereocenters. The molecule has 0 fully saturated rings. The van der Waals surface area contributed by atoms with Gasteiger partial charge in [0.1, 0.15) is 21.3 Å². The maximum absolute atomic E-state index is 11.7. The number of aromatic amines is 1. The second kappa shape index (κ2) is 38.8. The summed E-state index contributed by atoms with van der Waals surface area (Å²) in [5.41, 5.74) is 13.7. The third kappa shape index (κ3) is 21.6. The molecule has 0 aliphatic rings. The number of pyridine rings is 5. The van der Waals surface area contributed by atoms with Crippen molar-refractivity contribution in [3.8, 4) is 52.2 Å². The highest BCUT2D eigenvalue weighted by Crippen LogP contribution is 2.61. The average molecular weight is 1710 g/mol. The highest BCUT2D eigenvalue weighted by Gasteiger charge is 2.19. The molecule has 0 amide bonds. The number of nitrogens with one attached hydrogen (secondary N) is 1. The van der Waals surface area contributed by atoms with Crippen molar-refractivity contribution in [2.24, 2.45) is 0 Å². The summed E-state index contributed by atoms with van der Waals surface area (Å²) >= 11 is 47.3. The minimum absolute atomic E-state index is 0.